The number of nitrogens with zero attached hydrogens (tertiary/aromatic N) is 5. The zero-order valence-corrected chi connectivity index (χ0v) is 21.5. The molecule has 0 spiro atoms. The van der Waals surface area contributed by atoms with Crippen LogP contribution in [0.25, 0.3) is 11.3 Å². The molecule has 1 N–H and O–H groups in total. The fourth-order valence-electron chi connectivity index (χ4n) is 4.31. The Hall–Kier alpha value is -4.40. The average molecular weight is 593 g/mol. The van der Waals surface area contributed by atoms with Crippen LogP contribution in [0.15, 0.2) is 93.2 Å². The van der Waals surface area contributed by atoms with Crippen LogP contribution in [0.1, 0.15) is 29.8 Å². The van der Waals surface area contributed by atoms with Gasteiger partial charge in [0.25, 0.3) is 0 Å². The molecule has 1 heterocycles. The molecule has 2 aromatic carbocycles. The van der Waals surface area contributed by atoms with E-state index in [2.05, 4.69) is 30.0 Å². The van der Waals surface area contributed by atoms with Gasteiger partial charge in [-0.2, -0.15) is 18.3 Å². The number of carbonyl (C=O) groups excluding carboxylic acids is 1. The van der Waals surface area contributed by atoms with Gasteiger partial charge in [0.15, 0.2) is 0 Å². The van der Waals surface area contributed by atoms with Crippen molar-refractivity contribution in [2.75, 3.05) is 0 Å². The van der Waals surface area contributed by atoms with Gasteiger partial charge < -0.3 is 4.74 Å². The lowest BCUT2D eigenvalue weighted by atomic mass is 9.84. The fourth-order valence-corrected chi connectivity index (χ4v) is 4.98. The number of nitrogens with one attached hydrogen (secondary N) is 1. The monoisotopic (exact) mass is 592 g/mol. The predicted molar refractivity (Wildman–Crippen MR) is 136 cm³/mol. The van der Waals surface area contributed by atoms with E-state index < -0.39 is 24.1 Å². The zero-order valence-electron chi connectivity index (χ0n) is 20.7. The third-order valence-corrected chi connectivity index (χ3v) is 6.88. The van der Waals surface area contributed by atoms with Crippen LogP contribution in [0.5, 0.6) is 5.75 Å². The molecule has 0 saturated carbocycles. The Morgan fingerprint density at radius 1 is 1.05 bits per heavy atom. The van der Waals surface area contributed by atoms with Crippen molar-refractivity contribution in [1.82, 2.24) is 19.7 Å². The number of benzene rings is 2. The summed E-state index contributed by atoms with van der Waals surface area (Å²) < 4.78 is 84.3. The second-order valence-corrected chi connectivity index (χ2v) is 9.60. The molecule has 41 heavy (non-hydrogen) atoms. The van der Waals surface area contributed by atoms with Gasteiger partial charge >= 0.3 is 18.6 Å². The van der Waals surface area contributed by atoms with Crippen molar-refractivity contribution in [1.29, 1.82) is 0 Å². The first-order valence-corrected chi connectivity index (χ1v) is 12.7. The molecule has 2 aliphatic carbocycles. The number of urea groups is 1. The number of carbonyl (C=O) groups is 1. The summed E-state index contributed by atoms with van der Waals surface area (Å²) in [5.41, 5.74) is 3.74. The van der Waals surface area contributed by atoms with Crippen molar-refractivity contribution in [3.05, 3.63) is 95.0 Å². The lowest BCUT2D eigenvalue weighted by Gasteiger charge is -2.22. The van der Waals surface area contributed by atoms with E-state index in [9.17, 15) is 31.1 Å². The Labute approximate surface area is 232 Å². The summed E-state index contributed by atoms with van der Waals surface area (Å²) in [6.07, 6.45) is -2.48. The minimum atomic E-state index is -4.78. The lowest BCUT2D eigenvalue weighted by Crippen LogP contribution is -2.17. The number of ether oxygens (including phenoxy) is 1. The van der Waals surface area contributed by atoms with Crippen LogP contribution in [0.4, 0.5) is 31.1 Å². The number of alkyl halides is 6. The molecule has 0 bridgehead atoms. The van der Waals surface area contributed by atoms with E-state index in [0.717, 1.165) is 28.5 Å². The number of rotatable bonds is 5. The van der Waals surface area contributed by atoms with Gasteiger partial charge in [-0.1, -0.05) is 34.6 Å². The smallest absolute Gasteiger partial charge is 0.406 e. The van der Waals surface area contributed by atoms with Gasteiger partial charge in [-0.05, 0) is 78.8 Å². The van der Waals surface area contributed by atoms with Crippen molar-refractivity contribution < 1.29 is 35.9 Å². The standard InChI is InChI=1S/C26H18F6N6O2S/c27-25(28,29)20-3-1-2-4-22(20)41-36-24(39)35-33-14-15-5-11-19-16(13-15)6-12-21-23(19)34-37-38(21)17-7-9-18(10-8-17)40-26(30,31)32/h1-4,7-11,13-14H,5-6,12H2,(H,36,39)/b15-14+,35-33+. The van der Waals surface area contributed by atoms with E-state index in [1.165, 1.54) is 48.7 Å². The maximum atomic E-state index is 13.1. The van der Waals surface area contributed by atoms with Gasteiger partial charge in [-0.15, -0.1) is 18.3 Å². The van der Waals surface area contributed by atoms with Crippen molar-refractivity contribution in [3.63, 3.8) is 0 Å². The number of hydrogen-bond donors (Lipinski definition) is 1. The Morgan fingerprint density at radius 2 is 1.80 bits per heavy atom. The first kappa shape index (κ1) is 28.1. The number of fused-ring (bicyclic) bond motifs is 3. The molecule has 0 saturated heterocycles. The third-order valence-electron chi connectivity index (χ3n) is 6.02. The highest BCUT2D eigenvalue weighted by Gasteiger charge is 2.33. The summed E-state index contributed by atoms with van der Waals surface area (Å²) >= 11 is 0.498. The molecule has 1 aromatic heterocycles. The van der Waals surface area contributed by atoms with Crippen LogP contribution < -0.4 is 9.46 Å². The SMILES string of the molecule is O=C(/N=N/C=C1/C=C2CCc3c(nnn3-c3ccc(OC(F)(F)F)cc3)C2=CC1)NSc1ccccc1C(F)(F)F. The quantitative estimate of drug-likeness (QED) is 0.187. The highest BCUT2D eigenvalue weighted by Crippen LogP contribution is 2.39. The Kier molecular flexibility index (Phi) is 7.71. The number of hydrogen-bond acceptors (Lipinski definition) is 6. The van der Waals surface area contributed by atoms with E-state index in [1.807, 2.05) is 12.2 Å². The van der Waals surface area contributed by atoms with Gasteiger partial charge in [0.2, 0.25) is 0 Å². The first-order valence-electron chi connectivity index (χ1n) is 11.9. The third kappa shape index (κ3) is 6.67. The summed E-state index contributed by atoms with van der Waals surface area (Å²) in [6, 6.07) is 9.27. The molecule has 0 unspecified atom stereocenters. The summed E-state index contributed by atoms with van der Waals surface area (Å²) in [4.78, 5) is 11.8. The maximum absolute atomic E-state index is 13.1. The van der Waals surface area contributed by atoms with Gasteiger partial charge in [0, 0.05) is 10.5 Å². The summed E-state index contributed by atoms with van der Waals surface area (Å²) in [5, 5.41) is 15.7. The van der Waals surface area contributed by atoms with Crippen LogP contribution in [0.3, 0.4) is 0 Å². The largest absolute Gasteiger partial charge is 0.573 e. The molecule has 3 aromatic rings. The summed E-state index contributed by atoms with van der Waals surface area (Å²) in [5.74, 6) is -0.338. The van der Waals surface area contributed by atoms with Crippen LogP contribution in [0.2, 0.25) is 0 Å². The Balaban J connectivity index is 1.22. The Bertz CT molecular complexity index is 1590. The first-order chi connectivity index (χ1) is 19.5. The number of azo groups is 1. The van der Waals surface area contributed by atoms with Crippen LogP contribution in [-0.2, 0) is 12.6 Å². The van der Waals surface area contributed by atoms with E-state index in [1.54, 1.807) is 4.68 Å². The van der Waals surface area contributed by atoms with Gasteiger partial charge in [0.1, 0.15) is 11.4 Å². The van der Waals surface area contributed by atoms with Crippen molar-refractivity contribution >= 4 is 23.6 Å². The van der Waals surface area contributed by atoms with Gasteiger partial charge in [-0.3, -0.25) is 4.72 Å². The normalized spacial score (nSPS) is 16.2. The number of halogens is 6. The average Bonchev–Trinajstić information content (AvgIpc) is 3.36. The fraction of sp³-hybridized carbons (Fsp3) is 0.192. The topological polar surface area (TPSA) is 93.8 Å². The lowest BCUT2D eigenvalue weighted by molar-refractivity contribution is -0.274. The summed E-state index contributed by atoms with van der Waals surface area (Å²) in [7, 11) is 0. The van der Waals surface area contributed by atoms with E-state index in [4.69, 9.17) is 0 Å². The summed E-state index contributed by atoms with van der Waals surface area (Å²) in [6.45, 7) is 0. The highest BCUT2D eigenvalue weighted by atomic mass is 32.2. The molecule has 0 radical (unpaired) electrons. The highest BCUT2D eigenvalue weighted by molar-refractivity contribution is 7.98. The van der Waals surface area contributed by atoms with Gasteiger partial charge in [0.05, 0.1) is 23.1 Å². The predicted octanol–water partition coefficient (Wildman–Crippen LogP) is 7.60. The molecule has 5 rings (SSSR count). The molecule has 212 valence electrons. The molecule has 8 nitrogen and oxygen atoms in total. The van der Waals surface area contributed by atoms with Crippen molar-refractivity contribution in [3.8, 4) is 11.4 Å². The zero-order chi connectivity index (χ0) is 29.2. The second kappa shape index (κ2) is 11.2. The molecule has 0 atom stereocenters. The second-order valence-electron chi connectivity index (χ2n) is 8.75. The molecule has 2 amide bonds. The molecule has 0 aliphatic heterocycles. The van der Waals surface area contributed by atoms with Crippen LogP contribution >= 0.6 is 11.9 Å². The number of allylic oxidation sites excluding steroid dienone is 5. The van der Waals surface area contributed by atoms with Gasteiger partial charge in [-0.25, -0.2) is 9.48 Å². The maximum Gasteiger partial charge on any atom is 0.573 e. The molecular weight excluding hydrogens is 574 g/mol. The molecule has 15 heteroatoms. The van der Waals surface area contributed by atoms with Crippen LogP contribution in [0, 0.1) is 0 Å². The minimum Gasteiger partial charge on any atom is -0.406 e. The van der Waals surface area contributed by atoms with E-state index >= 15 is 0 Å². The molecule has 0 fully saturated rings. The number of amides is 2. The van der Waals surface area contributed by atoms with Crippen LogP contribution in [-0.4, -0.2) is 27.4 Å². The Morgan fingerprint density at radius 3 is 2.54 bits per heavy atom. The van der Waals surface area contributed by atoms with Crippen molar-refractivity contribution in [2.45, 2.75) is 36.7 Å². The number of aromatic nitrogens is 3. The van der Waals surface area contributed by atoms with Crippen molar-refractivity contribution in [2.24, 2.45) is 10.2 Å². The molecule has 2 aliphatic rings. The van der Waals surface area contributed by atoms with E-state index in [0.29, 0.717) is 42.6 Å². The molecular formula is C26H18F6N6O2S. The van der Waals surface area contributed by atoms with E-state index in [-0.39, 0.29) is 10.6 Å². The minimum absolute atomic E-state index is 0.169.